The number of rotatable bonds is 13. The van der Waals surface area contributed by atoms with E-state index in [2.05, 4.69) is 10.6 Å². The minimum absolute atomic E-state index is 0.0254. The van der Waals surface area contributed by atoms with Gasteiger partial charge in [0.15, 0.2) is 30.4 Å². The van der Waals surface area contributed by atoms with E-state index in [0.29, 0.717) is 11.3 Å². The molecule has 3 aromatic carbocycles. The molecule has 0 radical (unpaired) electrons. The predicted molar refractivity (Wildman–Crippen MR) is 231 cm³/mol. The molecule has 3 aromatic rings. The predicted octanol–water partition coefficient (Wildman–Crippen LogP) is -1.10. The zero-order chi connectivity index (χ0) is 48.0. The molecule has 4 heterocycles. The average molecular weight is 943 g/mol. The molecule has 20 nitrogen and oxygen atoms in total. The Bertz CT molecular complexity index is 2260. The molecule has 66 heavy (non-hydrogen) atoms. The van der Waals surface area contributed by atoms with Gasteiger partial charge in [-0.25, -0.2) is 0 Å². The molecule has 1 spiro atoms. The summed E-state index contributed by atoms with van der Waals surface area (Å²) in [6.45, 7) is 4.25. The fraction of sp³-hybridized carbons (Fsp3) is 0.500. The van der Waals surface area contributed by atoms with Crippen molar-refractivity contribution in [3.8, 4) is 0 Å². The van der Waals surface area contributed by atoms with Gasteiger partial charge in [0.25, 0.3) is 17.7 Å². The number of aliphatic hydroxyl groups is 9. The number of aliphatic hydroxyl groups excluding tert-OH is 9. The van der Waals surface area contributed by atoms with Crippen LogP contribution in [0.5, 0.6) is 0 Å². The largest absolute Gasteiger partial charge is 0.395 e. The van der Waals surface area contributed by atoms with Crippen molar-refractivity contribution in [2.45, 2.75) is 118 Å². The van der Waals surface area contributed by atoms with Crippen molar-refractivity contribution in [3.05, 3.63) is 89.5 Å². The maximum atomic E-state index is 16.8. The van der Waals surface area contributed by atoms with Gasteiger partial charge in [-0.2, -0.15) is 0 Å². The Hall–Kier alpha value is -4.79. The molecule has 14 atom stereocenters. The monoisotopic (exact) mass is 942 g/mol. The Morgan fingerprint density at radius 3 is 1.85 bits per heavy atom. The van der Waals surface area contributed by atoms with Crippen molar-refractivity contribution in [2.24, 2.45) is 5.92 Å². The van der Waals surface area contributed by atoms with Crippen LogP contribution in [0.15, 0.2) is 72.8 Å². The van der Waals surface area contributed by atoms with Gasteiger partial charge in [0, 0.05) is 41.5 Å². The second kappa shape index (κ2) is 19.4. The van der Waals surface area contributed by atoms with Crippen LogP contribution in [0.25, 0.3) is 0 Å². The molecule has 0 bridgehead atoms. The van der Waals surface area contributed by atoms with Crippen LogP contribution in [0.1, 0.15) is 30.0 Å². The molecule has 358 valence electrons. The summed E-state index contributed by atoms with van der Waals surface area (Å²) in [6, 6.07) is 19.6. The van der Waals surface area contributed by atoms with E-state index in [9.17, 15) is 60.3 Å². The molecular formula is C44H55FN4O16Si. The number of ether oxygens (including phenoxy) is 3. The molecule has 11 N–H and O–H groups in total. The summed E-state index contributed by atoms with van der Waals surface area (Å²) in [5.41, 5.74) is -0.828. The van der Waals surface area contributed by atoms with Gasteiger partial charge in [-0.15, -0.1) is 0 Å². The lowest BCUT2D eigenvalue weighted by molar-refractivity contribution is -0.274. The minimum Gasteiger partial charge on any atom is -0.395 e. The Kier molecular flexibility index (Phi) is 14.5. The van der Waals surface area contributed by atoms with Crippen molar-refractivity contribution in [1.29, 1.82) is 0 Å². The number of hydrogen-bond acceptors (Lipinski definition) is 16. The number of fused-ring (bicyclic) bond motifs is 2. The number of carbonyl (C=O) groups excluding carboxylic acids is 4. The molecule has 22 heteroatoms. The molecule has 4 amide bonds. The quantitative estimate of drug-likeness (QED) is 0.0716. The van der Waals surface area contributed by atoms with Gasteiger partial charge in [0.1, 0.15) is 36.6 Å². The van der Waals surface area contributed by atoms with Gasteiger partial charge in [-0.3, -0.25) is 19.2 Å². The first-order chi connectivity index (χ1) is 31.2. The molecular weight excluding hydrogens is 888 g/mol. The van der Waals surface area contributed by atoms with E-state index in [4.69, 9.17) is 14.2 Å². The first-order valence-electron chi connectivity index (χ1n) is 21.4. The zero-order valence-electron chi connectivity index (χ0n) is 36.1. The van der Waals surface area contributed by atoms with Gasteiger partial charge in [-0.1, -0.05) is 49.4 Å². The van der Waals surface area contributed by atoms with Crippen LogP contribution in [0.2, 0.25) is 18.6 Å². The van der Waals surface area contributed by atoms with E-state index < -0.39 is 117 Å². The Balaban J connectivity index is 1.20. The molecule has 0 aromatic heterocycles. The fourth-order valence-electron chi connectivity index (χ4n) is 9.46. The van der Waals surface area contributed by atoms with Crippen molar-refractivity contribution in [2.75, 3.05) is 28.7 Å². The molecule has 4 aliphatic heterocycles. The van der Waals surface area contributed by atoms with Crippen LogP contribution in [-0.4, -0.2) is 164 Å². The highest BCUT2D eigenvalue weighted by atomic mass is 28.4. The van der Waals surface area contributed by atoms with Crippen molar-refractivity contribution < 1.29 is 83.5 Å². The molecule has 0 unspecified atom stereocenters. The summed E-state index contributed by atoms with van der Waals surface area (Å²) in [4.78, 5) is 58.6. The third-order valence-corrected chi connectivity index (χ3v) is 15.3. The van der Waals surface area contributed by atoms with Gasteiger partial charge >= 0.3 is 0 Å². The second-order valence-corrected chi connectivity index (χ2v) is 21.4. The molecule has 3 saturated heterocycles. The topological polar surface area (TPSA) is 309 Å². The Morgan fingerprint density at radius 2 is 1.30 bits per heavy atom. The number of hydrogen-bond donors (Lipinski definition) is 11. The summed E-state index contributed by atoms with van der Waals surface area (Å²) < 4.78 is 33.7. The van der Waals surface area contributed by atoms with Crippen LogP contribution in [-0.2, 0) is 52.1 Å². The lowest BCUT2D eigenvalue weighted by Crippen LogP contribution is -2.60. The van der Waals surface area contributed by atoms with Crippen molar-refractivity contribution >= 4 is 49.1 Å². The minimum atomic E-state index is -3.82. The van der Waals surface area contributed by atoms with Crippen LogP contribution < -0.4 is 15.5 Å². The number of benzene rings is 3. The van der Waals surface area contributed by atoms with E-state index >= 15 is 8.90 Å². The van der Waals surface area contributed by atoms with E-state index in [1.807, 2.05) is 18.2 Å². The fourth-order valence-corrected chi connectivity index (χ4v) is 12.0. The van der Waals surface area contributed by atoms with Crippen molar-refractivity contribution in [3.63, 3.8) is 0 Å². The highest BCUT2D eigenvalue weighted by Gasteiger charge is 2.67. The molecule has 4 aliphatic rings. The molecule has 3 fully saturated rings. The number of nitrogens with zero attached hydrogens (tertiary/aromatic N) is 2. The number of carbonyl (C=O) groups is 4. The normalized spacial score (nSPS) is 33.1. The number of amides is 4. The molecule has 7 rings (SSSR count). The third-order valence-electron chi connectivity index (χ3n) is 12.8. The highest BCUT2D eigenvalue weighted by Crippen LogP contribution is 2.60. The van der Waals surface area contributed by atoms with Gasteiger partial charge in [0.2, 0.25) is 14.3 Å². The lowest BCUT2D eigenvalue weighted by atomic mass is 9.82. The van der Waals surface area contributed by atoms with E-state index in [0.717, 1.165) is 5.56 Å². The lowest BCUT2D eigenvalue weighted by Gasteiger charge is -2.37. The summed E-state index contributed by atoms with van der Waals surface area (Å²) in [7, 11) is -3.82. The van der Waals surface area contributed by atoms with Gasteiger partial charge in [0.05, 0.1) is 31.4 Å². The highest BCUT2D eigenvalue weighted by molar-refractivity contribution is 6.72. The van der Waals surface area contributed by atoms with Crippen LogP contribution in [0.3, 0.4) is 0 Å². The summed E-state index contributed by atoms with van der Waals surface area (Å²) in [6.07, 6.45) is -20.3. The van der Waals surface area contributed by atoms with E-state index in [1.165, 1.54) is 53.2 Å². The standard InChI is InChI=1S/C44H55FN4O16Si/c1-21-38(66(2,3)45)28(18-29(51)48(15-16-50)19-22-7-5-4-6-8-22)65-44(21)26-17-25(47-40(59)37-33(55)31(53)35(57)42(61)64-37)13-14-27(26)49(43(44)62)20-23-9-11-24(12-10-23)46-39(58)36-32(54)30(52)34(56)41(60)63-36/h4-14,17,21,28,30-38,41-42,50,52-57,60-61H,15-16,18-20H2,1-3H3,(H,46,58)(H,47,59)/t21-,28+,30-,31-,32-,33-,34+,35+,36-,37-,38-,41+,42+,44+/m0/s1. The Labute approximate surface area is 378 Å². The first kappa shape index (κ1) is 49.1. The first-order valence-corrected chi connectivity index (χ1v) is 24.3. The number of halogens is 1. The number of anilines is 3. The zero-order valence-corrected chi connectivity index (χ0v) is 37.1. The summed E-state index contributed by atoms with van der Waals surface area (Å²) in [5, 5.41) is 95.8. The SMILES string of the molecule is C[C@H]1[C@H]([Si](C)(C)F)[C@@H](CC(=O)N(CCO)Cc2ccccc2)O[C@]12C(=O)N(Cc1ccc(NC(=O)[C@H]3O[C@@H](O)[C@H](O)[C@@H](O)[C@@H]3O)cc1)c1ccc(NC(=O)[C@H]3O[C@@H](O)[C@H](O)[C@@H](O)[C@@H]3O)cc12. The number of nitrogens with one attached hydrogen (secondary N) is 2. The molecule has 0 saturated carbocycles. The van der Waals surface area contributed by atoms with E-state index in [1.54, 1.807) is 31.2 Å². The van der Waals surface area contributed by atoms with Crippen LogP contribution in [0, 0.1) is 5.92 Å². The summed E-state index contributed by atoms with van der Waals surface area (Å²) in [5.74, 6) is -3.93. The van der Waals surface area contributed by atoms with Crippen LogP contribution in [0.4, 0.5) is 21.2 Å². The van der Waals surface area contributed by atoms with Crippen molar-refractivity contribution in [1.82, 2.24) is 4.90 Å². The third kappa shape index (κ3) is 9.38. The average Bonchev–Trinajstić information content (AvgIpc) is 3.70. The smallest absolute Gasteiger partial charge is 0.264 e. The van der Waals surface area contributed by atoms with Crippen LogP contribution >= 0.6 is 0 Å². The second-order valence-electron chi connectivity index (χ2n) is 17.6. The van der Waals surface area contributed by atoms with Gasteiger partial charge < -0.3 is 84.7 Å². The summed E-state index contributed by atoms with van der Waals surface area (Å²) >= 11 is 0. The van der Waals surface area contributed by atoms with Gasteiger partial charge in [-0.05, 0) is 54.6 Å². The molecule has 0 aliphatic carbocycles. The van der Waals surface area contributed by atoms with E-state index in [-0.39, 0.29) is 49.6 Å². The Morgan fingerprint density at radius 1 is 0.758 bits per heavy atom. The maximum Gasteiger partial charge on any atom is 0.264 e. The maximum absolute atomic E-state index is 16.8.